The number of nitrogens with two attached hydrogens (primary N) is 1. The third-order valence-electron chi connectivity index (χ3n) is 4.40. The summed E-state index contributed by atoms with van der Waals surface area (Å²) in [7, 11) is 0. The van der Waals surface area contributed by atoms with Crippen LogP contribution >= 0.6 is 11.6 Å². The molecule has 0 saturated heterocycles. The van der Waals surface area contributed by atoms with Crippen LogP contribution in [0.5, 0.6) is 0 Å². The van der Waals surface area contributed by atoms with E-state index in [2.05, 4.69) is 24.3 Å². The molecule has 0 bridgehead atoms. The van der Waals surface area contributed by atoms with Crippen LogP contribution < -0.4 is 5.73 Å². The molecule has 110 valence electrons. The zero-order valence-corrected chi connectivity index (χ0v) is 12.6. The van der Waals surface area contributed by atoms with Gasteiger partial charge in [0.2, 0.25) is 0 Å². The Kier molecular flexibility index (Phi) is 4.27. The van der Waals surface area contributed by atoms with Gasteiger partial charge in [-0.05, 0) is 60.4 Å². The van der Waals surface area contributed by atoms with Crippen molar-refractivity contribution in [1.82, 2.24) is 0 Å². The molecule has 2 unspecified atom stereocenters. The minimum atomic E-state index is -0.393. The van der Waals surface area contributed by atoms with Crippen LogP contribution in [0.1, 0.15) is 47.9 Å². The van der Waals surface area contributed by atoms with Crippen molar-refractivity contribution in [1.29, 1.82) is 0 Å². The van der Waals surface area contributed by atoms with Crippen molar-refractivity contribution >= 4 is 11.6 Å². The molecule has 3 rings (SSSR count). The first-order valence-electron chi connectivity index (χ1n) is 7.43. The molecule has 0 heterocycles. The van der Waals surface area contributed by atoms with Gasteiger partial charge in [0.05, 0.1) is 5.02 Å². The van der Waals surface area contributed by atoms with Gasteiger partial charge in [-0.1, -0.05) is 41.9 Å². The molecular weight excluding hydrogens is 285 g/mol. The van der Waals surface area contributed by atoms with Gasteiger partial charge >= 0.3 is 0 Å². The van der Waals surface area contributed by atoms with Crippen LogP contribution in [-0.4, -0.2) is 0 Å². The molecule has 0 amide bonds. The second-order valence-electron chi connectivity index (χ2n) is 5.80. The number of fused-ring (bicyclic) bond motifs is 1. The van der Waals surface area contributed by atoms with Crippen molar-refractivity contribution in [3.8, 4) is 0 Å². The smallest absolute Gasteiger partial charge is 0.141 e. The number of hydrogen-bond donors (Lipinski definition) is 1. The average molecular weight is 304 g/mol. The van der Waals surface area contributed by atoms with Crippen LogP contribution in [0.25, 0.3) is 0 Å². The fourth-order valence-electron chi connectivity index (χ4n) is 3.28. The van der Waals surface area contributed by atoms with Gasteiger partial charge in [0.15, 0.2) is 0 Å². The predicted octanol–water partition coefficient (Wildman–Crippen LogP) is 4.99. The summed E-state index contributed by atoms with van der Waals surface area (Å²) in [5.41, 5.74) is 10.1. The van der Waals surface area contributed by atoms with Crippen molar-refractivity contribution in [2.75, 3.05) is 0 Å². The standard InChI is InChI=1S/C18H19ClFN/c19-16-10-14(8-9-17(16)20)18(21)11-13-6-3-5-12-4-1-2-7-15(12)13/h1-2,4,7-10,13,18H,3,5-6,11,21H2. The topological polar surface area (TPSA) is 26.0 Å². The number of hydrogen-bond acceptors (Lipinski definition) is 1. The molecule has 21 heavy (non-hydrogen) atoms. The van der Waals surface area contributed by atoms with E-state index in [-0.39, 0.29) is 11.1 Å². The Morgan fingerprint density at radius 3 is 2.86 bits per heavy atom. The summed E-state index contributed by atoms with van der Waals surface area (Å²) in [5, 5.41) is 0.145. The van der Waals surface area contributed by atoms with Gasteiger partial charge in [0, 0.05) is 6.04 Å². The molecule has 1 aliphatic rings. The van der Waals surface area contributed by atoms with E-state index >= 15 is 0 Å². The molecule has 2 N–H and O–H groups in total. The largest absolute Gasteiger partial charge is 0.324 e. The maximum Gasteiger partial charge on any atom is 0.141 e. The highest BCUT2D eigenvalue weighted by Crippen LogP contribution is 2.37. The molecule has 2 atom stereocenters. The van der Waals surface area contributed by atoms with Crippen molar-refractivity contribution in [2.24, 2.45) is 5.73 Å². The maximum atomic E-state index is 13.2. The third kappa shape index (κ3) is 3.12. The highest BCUT2D eigenvalue weighted by molar-refractivity contribution is 6.30. The van der Waals surface area contributed by atoms with E-state index in [0.29, 0.717) is 5.92 Å². The lowest BCUT2D eigenvalue weighted by molar-refractivity contribution is 0.476. The van der Waals surface area contributed by atoms with Gasteiger partial charge in [0.1, 0.15) is 5.82 Å². The first kappa shape index (κ1) is 14.6. The SMILES string of the molecule is NC(CC1CCCc2ccccc21)c1ccc(F)c(Cl)c1. The Labute approximate surface area is 129 Å². The molecule has 0 radical (unpaired) electrons. The molecule has 3 heteroatoms. The Balaban J connectivity index is 1.79. The summed E-state index contributed by atoms with van der Waals surface area (Å²) < 4.78 is 13.2. The van der Waals surface area contributed by atoms with Crippen LogP contribution in [-0.2, 0) is 6.42 Å². The molecule has 1 nitrogen and oxygen atoms in total. The fraction of sp³-hybridized carbons (Fsp3) is 0.333. The van der Waals surface area contributed by atoms with Gasteiger partial charge in [-0.3, -0.25) is 0 Å². The summed E-state index contributed by atoms with van der Waals surface area (Å²) in [4.78, 5) is 0. The molecule has 1 aliphatic carbocycles. The quantitative estimate of drug-likeness (QED) is 0.849. The van der Waals surface area contributed by atoms with Crippen molar-refractivity contribution in [2.45, 2.75) is 37.6 Å². The molecule has 0 saturated carbocycles. The molecule has 0 spiro atoms. The number of rotatable bonds is 3. The highest BCUT2D eigenvalue weighted by atomic mass is 35.5. The number of halogens is 2. The Morgan fingerprint density at radius 1 is 1.24 bits per heavy atom. The lowest BCUT2D eigenvalue weighted by atomic mass is 9.79. The van der Waals surface area contributed by atoms with Crippen molar-refractivity contribution in [3.63, 3.8) is 0 Å². The molecule has 2 aromatic rings. The van der Waals surface area contributed by atoms with Crippen LogP contribution in [0.3, 0.4) is 0 Å². The monoisotopic (exact) mass is 303 g/mol. The van der Waals surface area contributed by atoms with Crippen LogP contribution in [0.15, 0.2) is 42.5 Å². The minimum absolute atomic E-state index is 0.112. The number of benzene rings is 2. The predicted molar refractivity (Wildman–Crippen MR) is 85.1 cm³/mol. The maximum absolute atomic E-state index is 13.2. The van der Waals surface area contributed by atoms with Crippen molar-refractivity contribution in [3.05, 3.63) is 70.0 Å². The molecule has 0 aliphatic heterocycles. The van der Waals surface area contributed by atoms with Crippen LogP contribution in [0.2, 0.25) is 5.02 Å². The Morgan fingerprint density at radius 2 is 2.05 bits per heavy atom. The summed E-state index contributed by atoms with van der Waals surface area (Å²) in [6.07, 6.45) is 4.40. The van der Waals surface area contributed by atoms with Crippen LogP contribution in [0, 0.1) is 5.82 Å². The molecule has 2 aromatic carbocycles. The summed E-state index contributed by atoms with van der Waals surface area (Å²) in [6, 6.07) is 13.3. The van der Waals surface area contributed by atoms with Gasteiger partial charge in [-0.2, -0.15) is 0 Å². The Hall–Kier alpha value is -1.38. The van der Waals surface area contributed by atoms with E-state index in [1.807, 2.05) is 0 Å². The zero-order valence-electron chi connectivity index (χ0n) is 11.9. The van der Waals surface area contributed by atoms with E-state index in [1.165, 1.54) is 30.0 Å². The van der Waals surface area contributed by atoms with E-state index in [0.717, 1.165) is 18.4 Å². The van der Waals surface area contributed by atoms with Gasteiger partial charge < -0.3 is 5.73 Å². The lowest BCUT2D eigenvalue weighted by Crippen LogP contribution is -2.18. The highest BCUT2D eigenvalue weighted by Gasteiger charge is 2.22. The average Bonchev–Trinajstić information content (AvgIpc) is 2.50. The van der Waals surface area contributed by atoms with Crippen LogP contribution in [0.4, 0.5) is 4.39 Å². The molecule has 0 aromatic heterocycles. The van der Waals surface area contributed by atoms with E-state index in [9.17, 15) is 4.39 Å². The van der Waals surface area contributed by atoms with E-state index in [4.69, 9.17) is 17.3 Å². The van der Waals surface area contributed by atoms with E-state index in [1.54, 1.807) is 12.1 Å². The summed E-state index contributed by atoms with van der Waals surface area (Å²) in [5.74, 6) is 0.0874. The van der Waals surface area contributed by atoms with Crippen molar-refractivity contribution < 1.29 is 4.39 Å². The third-order valence-corrected chi connectivity index (χ3v) is 4.69. The van der Waals surface area contributed by atoms with Gasteiger partial charge in [0.25, 0.3) is 0 Å². The fourth-order valence-corrected chi connectivity index (χ4v) is 3.47. The summed E-state index contributed by atoms with van der Waals surface area (Å²) in [6.45, 7) is 0. The second-order valence-corrected chi connectivity index (χ2v) is 6.21. The second kappa shape index (κ2) is 6.17. The normalized spacial score (nSPS) is 19.1. The van der Waals surface area contributed by atoms with E-state index < -0.39 is 5.82 Å². The lowest BCUT2D eigenvalue weighted by Gasteiger charge is -2.28. The van der Waals surface area contributed by atoms with Gasteiger partial charge in [-0.15, -0.1) is 0 Å². The molecular formula is C18H19ClFN. The summed E-state index contributed by atoms with van der Waals surface area (Å²) >= 11 is 5.85. The number of aryl methyl sites for hydroxylation is 1. The molecule has 0 fully saturated rings. The van der Waals surface area contributed by atoms with Gasteiger partial charge in [-0.25, -0.2) is 4.39 Å². The Bertz CT molecular complexity index is 641. The minimum Gasteiger partial charge on any atom is -0.324 e. The first-order chi connectivity index (χ1) is 10.1. The zero-order chi connectivity index (χ0) is 14.8. The first-order valence-corrected chi connectivity index (χ1v) is 7.81.